The van der Waals surface area contributed by atoms with E-state index < -0.39 is 5.92 Å². The van der Waals surface area contributed by atoms with Crippen LogP contribution in [0.3, 0.4) is 0 Å². The van der Waals surface area contributed by atoms with Crippen LogP contribution in [0.15, 0.2) is 24.3 Å². The third kappa shape index (κ3) is 3.11. The van der Waals surface area contributed by atoms with Gasteiger partial charge in [0.2, 0.25) is 0 Å². The third-order valence-corrected chi connectivity index (χ3v) is 2.40. The lowest BCUT2D eigenvalue weighted by molar-refractivity contribution is 0.827. The van der Waals surface area contributed by atoms with Gasteiger partial charge in [-0.2, -0.15) is 10.5 Å². The first-order valence-corrected chi connectivity index (χ1v) is 5.05. The molecule has 0 N–H and O–H groups in total. The van der Waals surface area contributed by atoms with Gasteiger partial charge in [-0.05, 0) is 17.0 Å². The molecule has 0 aliphatic heterocycles. The van der Waals surface area contributed by atoms with E-state index in [0.29, 0.717) is 12.3 Å². The Morgan fingerprint density at radius 3 is 2.00 bits per heavy atom. The summed E-state index contributed by atoms with van der Waals surface area (Å²) in [6.07, 6.45) is 0.519. The van der Waals surface area contributed by atoms with Crippen LogP contribution in [0.1, 0.15) is 30.9 Å². The molecule has 15 heavy (non-hydrogen) atoms. The normalized spacial score (nSPS) is 10.0. The van der Waals surface area contributed by atoms with Crippen LogP contribution in [0.5, 0.6) is 0 Å². The Hall–Kier alpha value is -1.80. The maximum atomic E-state index is 8.66. The lowest BCUT2D eigenvalue weighted by Crippen LogP contribution is -1.98. The summed E-state index contributed by atoms with van der Waals surface area (Å²) in [6.45, 7) is 4.28. The van der Waals surface area contributed by atoms with Crippen molar-refractivity contribution in [2.75, 3.05) is 0 Å². The fraction of sp³-hybridized carbons (Fsp3) is 0.385. The fourth-order valence-corrected chi connectivity index (χ4v) is 1.39. The summed E-state index contributed by atoms with van der Waals surface area (Å²) in [5, 5.41) is 17.3. The number of benzene rings is 1. The summed E-state index contributed by atoms with van der Waals surface area (Å²) < 4.78 is 0. The van der Waals surface area contributed by atoms with Crippen molar-refractivity contribution < 1.29 is 0 Å². The molecule has 1 aromatic rings. The summed E-state index contributed by atoms with van der Waals surface area (Å²) in [4.78, 5) is 0. The van der Waals surface area contributed by atoms with E-state index in [4.69, 9.17) is 10.5 Å². The molecule has 1 rings (SSSR count). The van der Waals surface area contributed by atoms with Crippen molar-refractivity contribution in [3.05, 3.63) is 35.4 Å². The molecule has 0 saturated heterocycles. The topological polar surface area (TPSA) is 47.6 Å². The van der Waals surface area contributed by atoms with Gasteiger partial charge in [-0.3, -0.25) is 0 Å². The maximum absolute atomic E-state index is 8.66. The van der Waals surface area contributed by atoms with Gasteiger partial charge in [-0.25, -0.2) is 0 Å². The first kappa shape index (κ1) is 11.3. The van der Waals surface area contributed by atoms with Gasteiger partial charge in [0.25, 0.3) is 0 Å². The van der Waals surface area contributed by atoms with E-state index in [9.17, 15) is 0 Å². The SMILES string of the molecule is CC(C)c1ccc(CC(C#N)C#N)cc1. The Balaban J connectivity index is 2.74. The quantitative estimate of drug-likeness (QED) is 0.749. The Morgan fingerprint density at radius 2 is 1.60 bits per heavy atom. The molecule has 0 fully saturated rings. The fourth-order valence-electron chi connectivity index (χ4n) is 1.39. The number of nitriles is 2. The highest BCUT2D eigenvalue weighted by molar-refractivity contribution is 5.26. The van der Waals surface area contributed by atoms with Crippen molar-refractivity contribution in [3.8, 4) is 12.1 Å². The van der Waals surface area contributed by atoms with Crippen LogP contribution in [0.4, 0.5) is 0 Å². The molecule has 0 bridgehead atoms. The van der Waals surface area contributed by atoms with Crippen molar-refractivity contribution in [1.29, 1.82) is 10.5 Å². The molecule has 76 valence electrons. The van der Waals surface area contributed by atoms with Crippen molar-refractivity contribution in [3.63, 3.8) is 0 Å². The highest BCUT2D eigenvalue weighted by Crippen LogP contribution is 2.16. The second kappa shape index (κ2) is 5.17. The first-order chi connectivity index (χ1) is 7.17. The van der Waals surface area contributed by atoms with Crippen molar-refractivity contribution >= 4 is 0 Å². The third-order valence-electron chi connectivity index (χ3n) is 2.40. The van der Waals surface area contributed by atoms with E-state index in [1.54, 1.807) is 0 Å². The van der Waals surface area contributed by atoms with Crippen LogP contribution >= 0.6 is 0 Å². The average molecular weight is 198 g/mol. The van der Waals surface area contributed by atoms with Crippen LogP contribution in [0, 0.1) is 28.6 Å². The summed E-state index contributed by atoms with van der Waals surface area (Å²) in [5.74, 6) is -0.0170. The summed E-state index contributed by atoms with van der Waals surface area (Å²) in [7, 11) is 0. The largest absolute Gasteiger partial charge is 0.197 e. The molecular weight excluding hydrogens is 184 g/mol. The minimum atomic E-state index is -0.533. The lowest BCUT2D eigenvalue weighted by atomic mass is 9.97. The molecule has 0 unspecified atom stereocenters. The van der Waals surface area contributed by atoms with Gasteiger partial charge in [0.1, 0.15) is 5.92 Å². The number of hydrogen-bond acceptors (Lipinski definition) is 2. The van der Waals surface area contributed by atoms with Gasteiger partial charge in [0.15, 0.2) is 0 Å². The molecule has 0 aliphatic carbocycles. The molecular formula is C13H14N2. The Labute approximate surface area is 90.8 Å². The molecule has 0 spiro atoms. The molecule has 2 heteroatoms. The predicted octanol–water partition coefficient (Wildman–Crippen LogP) is 3.02. The molecule has 0 heterocycles. The molecule has 0 atom stereocenters. The maximum Gasteiger partial charge on any atom is 0.137 e. The minimum Gasteiger partial charge on any atom is -0.197 e. The van der Waals surface area contributed by atoms with Gasteiger partial charge in [0, 0.05) is 6.42 Å². The number of rotatable bonds is 3. The Kier molecular flexibility index (Phi) is 3.89. The molecule has 0 amide bonds. The van der Waals surface area contributed by atoms with Gasteiger partial charge in [-0.1, -0.05) is 38.1 Å². The molecule has 0 aliphatic rings. The number of hydrogen-bond donors (Lipinski definition) is 0. The molecule has 2 nitrogen and oxygen atoms in total. The summed E-state index contributed by atoms with van der Waals surface area (Å²) >= 11 is 0. The Morgan fingerprint density at radius 1 is 1.07 bits per heavy atom. The van der Waals surface area contributed by atoms with Gasteiger partial charge < -0.3 is 0 Å². The van der Waals surface area contributed by atoms with E-state index in [2.05, 4.69) is 26.0 Å². The van der Waals surface area contributed by atoms with E-state index in [1.165, 1.54) is 5.56 Å². The molecule has 1 aromatic carbocycles. The van der Waals surface area contributed by atoms with Crippen LogP contribution in [0.2, 0.25) is 0 Å². The van der Waals surface area contributed by atoms with E-state index >= 15 is 0 Å². The van der Waals surface area contributed by atoms with Gasteiger partial charge >= 0.3 is 0 Å². The van der Waals surface area contributed by atoms with Crippen LogP contribution in [0.25, 0.3) is 0 Å². The van der Waals surface area contributed by atoms with Crippen molar-refractivity contribution in [2.24, 2.45) is 5.92 Å². The highest BCUT2D eigenvalue weighted by atomic mass is 14.3. The van der Waals surface area contributed by atoms with Crippen molar-refractivity contribution in [1.82, 2.24) is 0 Å². The second-order valence-corrected chi connectivity index (χ2v) is 3.91. The summed E-state index contributed by atoms with van der Waals surface area (Å²) in [6, 6.07) is 12.1. The van der Waals surface area contributed by atoms with Crippen LogP contribution in [-0.4, -0.2) is 0 Å². The Bertz CT molecular complexity index is 376. The zero-order valence-corrected chi connectivity index (χ0v) is 9.07. The van der Waals surface area contributed by atoms with E-state index in [-0.39, 0.29) is 0 Å². The second-order valence-electron chi connectivity index (χ2n) is 3.91. The highest BCUT2D eigenvalue weighted by Gasteiger charge is 2.06. The molecule has 0 radical (unpaired) electrons. The molecule has 0 saturated carbocycles. The monoisotopic (exact) mass is 198 g/mol. The zero-order chi connectivity index (χ0) is 11.3. The summed E-state index contributed by atoms with van der Waals surface area (Å²) in [5.41, 5.74) is 2.33. The van der Waals surface area contributed by atoms with Gasteiger partial charge in [0.05, 0.1) is 12.1 Å². The van der Waals surface area contributed by atoms with E-state index in [0.717, 1.165) is 5.56 Å². The van der Waals surface area contributed by atoms with Crippen LogP contribution < -0.4 is 0 Å². The average Bonchev–Trinajstić information content (AvgIpc) is 2.26. The number of nitrogens with zero attached hydrogens (tertiary/aromatic N) is 2. The zero-order valence-electron chi connectivity index (χ0n) is 9.07. The minimum absolute atomic E-state index is 0.516. The van der Waals surface area contributed by atoms with Gasteiger partial charge in [-0.15, -0.1) is 0 Å². The van der Waals surface area contributed by atoms with Crippen LogP contribution in [-0.2, 0) is 6.42 Å². The standard InChI is InChI=1S/C13H14N2/c1-10(2)13-5-3-11(4-6-13)7-12(8-14)9-15/h3-6,10,12H,7H2,1-2H3. The van der Waals surface area contributed by atoms with Crippen molar-refractivity contribution in [2.45, 2.75) is 26.2 Å². The predicted molar refractivity (Wildman–Crippen MR) is 59.0 cm³/mol. The lowest BCUT2D eigenvalue weighted by Gasteiger charge is -2.06. The van der Waals surface area contributed by atoms with E-state index in [1.807, 2.05) is 24.3 Å². The molecule has 0 aromatic heterocycles. The smallest absolute Gasteiger partial charge is 0.137 e. The first-order valence-electron chi connectivity index (χ1n) is 5.05.